The first-order valence-corrected chi connectivity index (χ1v) is 6.89. The maximum absolute atomic E-state index is 11.9. The molecule has 4 nitrogen and oxygen atoms in total. The third-order valence-corrected chi connectivity index (χ3v) is 3.88. The van der Waals surface area contributed by atoms with Crippen LogP contribution >= 0.6 is 0 Å². The molecule has 1 aromatic rings. The number of hydrogen-bond acceptors (Lipinski definition) is 2. The summed E-state index contributed by atoms with van der Waals surface area (Å²) >= 11 is 0. The second-order valence-electron chi connectivity index (χ2n) is 6.36. The van der Waals surface area contributed by atoms with Gasteiger partial charge in [0.15, 0.2) is 0 Å². The van der Waals surface area contributed by atoms with Crippen LogP contribution in [0.3, 0.4) is 0 Å². The van der Waals surface area contributed by atoms with E-state index in [0.29, 0.717) is 12.1 Å². The van der Waals surface area contributed by atoms with Gasteiger partial charge in [-0.15, -0.1) is 0 Å². The van der Waals surface area contributed by atoms with Gasteiger partial charge in [0.05, 0.1) is 0 Å². The standard InChI is InChI=1S/C16H22N2O2/c1-16(2)9-13(16)14(19)17-10-11-6-5-7-12(8-11)15(20)18(3)4/h5-8,13H,9-10H2,1-4H3,(H,17,19). The zero-order valence-corrected chi connectivity index (χ0v) is 12.6. The minimum absolute atomic E-state index is 0.0264. The third-order valence-electron chi connectivity index (χ3n) is 3.88. The Labute approximate surface area is 120 Å². The smallest absolute Gasteiger partial charge is 0.253 e. The normalized spacial score (nSPS) is 19.3. The lowest BCUT2D eigenvalue weighted by molar-refractivity contribution is -0.123. The molecule has 108 valence electrons. The van der Waals surface area contributed by atoms with E-state index in [4.69, 9.17) is 0 Å². The Morgan fingerprint density at radius 1 is 1.35 bits per heavy atom. The van der Waals surface area contributed by atoms with Crippen LogP contribution < -0.4 is 5.32 Å². The van der Waals surface area contributed by atoms with Crippen LogP contribution in [-0.4, -0.2) is 30.8 Å². The number of hydrogen-bond donors (Lipinski definition) is 1. The molecule has 1 N–H and O–H groups in total. The van der Waals surface area contributed by atoms with Gasteiger partial charge < -0.3 is 10.2 Å². The summed E-state index contributed by atoms with van der Waals surface area (Å²) in [6, 6.07) is 7.39. The summed E-state index contributed by atoms with van der Waals surface area (Å²) in [6.07, 6.45) is 0.956. The first kappa shape index (κ1) is 14.6. The Hall–Kier alpha value is -1.84. The van der Waals surface area contributed by atoms with Crippen molar-refractivity contribution in [1.82, 2.24) is 10.2 Å². The van der Waals surface area contributed by atoms with E-state index in [0.717, 1.165) is 12.0 Å². The van der Waals surface area contributed by atoms with Gasteiger partial charge in [-0.05, 0) is 29.5 Å². The average molecular weight is 274 g/mol. The van der Waals surface area contributed by atoms with Gasteiger partial charge in [-0.2, -0.15) is 0 Å². The minimum Gasteiger partial charge on any atom is -0.352 e. The number of amides is 2. The fraction of sp³-hybridized carbons (Fsp3) is 0.500. The van der Waals surface area contributed by atoms with Crippen molar-refractivity contribution in [2.75, 3.05) is 14.1 Å². The lowest BCUT2D eigenvalue weighted by atomic mass is 10.1. The van der Waals surface area contributed by atoms with Gasteiger partial charge in [0.2, 0.25) is 5.91 Å². The Balaban J connectivity index is 1.95. The molecule has 2 amide bonds. The fourth-order valence-corrected chi connectivity index (χ4v) is 2.30. The quantitative estimate of drug-likeness (QED) is 0.913. The molecular weight excluding hydrogens is 252 g/mol. The molecule has 0 heterocycles. The van der Waals surface area contributed by atoms with Crippen molar-refractivity contribution in [1.29, 1.82) is 0 Å². The molecule has 1 aliphatic rings. The van der Waals surface area contributed by atoms with Crippen molar-refractivity contribution in [3.05, 3.63) is 35.4 Å². The van der Waals surface area contributed by atoms with Crippen LogP contribution in [0.4, 0.5) is 0 Å². The first-order chi connectivity index (χ1) is 9.31. The predicted molar refractivity (Wildman–Crippen MR) is 78.2 cm³/mol. The monoisotopic (exact) mass is 274 g/mol. The zero-order valence-electron chi connectivity index (χ0n) is 12.6. The Morgan fingerprint density at radius 3 is 2.55 bits per heavy atom. The van der Waals surface area contributed by atoms with Gasteiger partial charge in [-0.1, -0.05) is 26.0 Å². The fourth-order valence-electron chi connectivity index (χ4n) is 2.30. The molecule has 0 bridgehead atoms. The van der Waals surface area contributed by atoms with E-state index in [1.54, 1.807) is 25.1 Å². The third kappa shape index (κ3) is 3.18. The highest BCUT2D eigenvalue weighted by molar-refractivity contribution is 5.94. The molecule has 2 rings (SSSR count). The van der Waals surface area contributed by atoms with Gasteiger partial charge in [0.25, 0.3) is 5.91 Å². The SMILES string of the molecule is CN(C)C(=O)c1cccc(CNC(=O)C2CC2(C)C)c1. The summed E-state index contributed by atoms with van der Waals surface area (Å²) in [4.78, 5) is 25.4. The molecule has 1 unspecified atom stereocenters. The zero-order chi connectivity index (χ0) is 14.9. The highest BCUT2D eigenvalue weighted by Crippen LogP contribution is 2.51. The number of nitrogens with zero attached hydrogens (tertiary/aromatic N) is 1. The van der Waals surface area contributed by atoms with Crippen LogP contribution in [0.1, 0.15) is 36.2 Å². The van der Waals surface area contributed by atoms with Crippen LogP contribution in [0.5, 0.6) is 0 Å². The molecular formula is C16H22N2O2. The molecule has 1 atom stereocenters. The van der Waals surface area contributed by atoms with Gasteiger partial charge in [-0.3, -0.25) is 9.59 Å². The summed E-state index contributed by atoms with van der Waals surface area (Å²) in [6.45, 7) is 4.68. The molecule has 4 heteroatoms. The van der Waals surface area contributed by atoms with Crippen LogP contribution in [-0.2, 0) is 11.3 Å². The summed E-state index contributed by atoms with van der Waals surface area (Å²) in [5.41, 5.74) is 1.74. The van der Waals surface area contributed by atoms with E-state index < -0.39 is 0 Å². The molecule has 0 saturated heterocycles. The van der Waals surface area contributed by atoms with Crippen LogP contribution in [0.2, 0.25) is 0 Å². The summed E-state index contributed by atoms with van der Waals surface area (Å²) in [5, 5.41) is 2.95. The van der Waals surface area contributed by atoms with Crippen molar-refractivity contribution in [3.8, 4) is 0 Å². The maximum atomic E-state index is 11.9. The molecule has 1 fully saturated rings. The Morgan fingerprint density at radius 2 is 2.00 bits per heavy atom. The molecule has 0 radical (unpaired) electrons. The first-order valence-electron chi connectivity index (χ1n) is 6.89. The second-order valence-corrected chi connectivity index (χ2v) is 6.36. The molecule has 0 aliphatic heterocycles. The van der Waals surface area contributed by atoms with E-state index in [1.807, 2.05) is 18.2 Å². The van der Waals surface area contributed by atoms with Crippen molar-refractivity contribution in [2.45, 2.75) is 26.8 Å². The summed E-state index contributed by atoms with van der Waals surface area (Å²) in [5.74, 6) is 0.218. The van der Waals surface area contributed by atoms with E-state index in [-0.39, 0.29) is 23.1 Å². The largest absolute Gasteiger partial charge is 0.352 e. The van der Waals surface area contributed by atoms with Crippen molar-refractivity contribution in [3.63, 3.8) is 0 Å². The number of carbonyl (C=O) groups is 2. The number of benzene rings is 1. The van der Waals surface area contributed by atoms with Crippen LogP contribution in [0.25, 0.3) is 0 Å². The number of nitrogens with one attached hydrogen (secondary N) is 1. The molecule has 0 aromatic heterocycles. The van der Waals surface area contributed by atoms with Crippen LogP contribution in [0, 0.1) is 11.3 Å². The number of carbonyl (C=O) groups excluding carboxylic acids is 2. The lowest BCUT2D eigenvalue weighted by Gasteiger charge is -2.12. The summed E-state index contributed by atoms with van der Waals surface area (Å²) < 4.78 is 0. The van der Waals surface area contributed by atoms with Crippen molar-refractivity contribution >= 4 is 11.8 Å². The number of rotatable bonds is 4. The highest BCUT2D eigenvalue weighted by Gasteiger charge is 2.50. The van der Waals surface area contributed by atoms with Crippen molar-refractivity contribution in [2.24, 2.45) is 11.3 Å². The van der Waals surface area contributed by atoms with Gasteiger partial charge in [-0.25, -0.2) is 0 Å². The molecule has 0 spiro atoms. The van der Waals surface area contributed by atoms with E-state index in [1.165, 1.54) is 0 Å². The molecule has 1 aliphatic carbocycles. The van der Waals surface area contributed by atoms with Gasteiger partial charge >= 0.3 is 0 Å². The van der Waals surface area contributed by atoms with E-state index >= 15 is 0 Å². The topological polar surface area (TPSA) is 49.4 Å². The molecule has 20 heavy (non-hydrogen) atoms. The van der Waals surface area contributed by atoms with E-state index in [2.05, 4.69) is 19.2 Å². The van der Waals surface area contributed by atoms with E-state index in [9.17, 15) is 9.59 Å². The van der Waals surface area contributed by atoms with Gasteiger partial charge in [0, 0.05) is 32.1 Å². The van der Waals surface area contributed by atoms with Gasteiger partial charge in [0.1, 0.15) is 0 Å². The Bertz CT molecular complexity index is 535. The highest BCUT2D eigenvalue weighted by atomic mass is 16.2. The molecule has 1 saturated carbocycles. The second kappa shape index (κ2) is 5.27. The lowest BCUT2D eigenvalue weighted by Crippen LogP contribution is -2.26. The maximum Gasteiger partial charge on any atom is 0.253 e. The van der Waals surface area contributed by atoms with Crippen molar-refractivity contribution < 1.29 is 9.59 Å². The average Bonchev–Trinajstić information content (AvgIpc) is 3.04. The Kier molecular flexibility index (Phi) is 3.84. The predicted octanol–water partition coefficient (Wildman–Crippen LogP) is 2.05. The van der Waals surface area contributed by atoms with Crippen LogP contribution in [0.15, 0.2) is 24.3 Å². The minimum atomic E-state index is -0.0264. The molecule has 1 aromatic carbocycles. The summed E-state index contributed by atoms with van der Waals surface area (Å²) in [7, 11) is 3.46.